The average molecular weight is 349 g/mol. The summed E-state index contributed by atoms with van der Waals surface area (Å²) in [6.07, 6.45) is 5.31. The Bertz CT molecular complexity index is 952. The Kier molecular flexibility index (Phi) is 3.65. The Morgan fingerprint density at radius 3 is 2.92 bits per heavy atom. The SMILES string of the molecule is O=C1[C@H]2CNCCN2CCN1c1ccc(-c2nccc3cn[nH]c23)cn1. The second kappa shape index (κ2) is 6.15. The maximum absolute atomic E-state index is 12.8. The molecule has 0 spiro atoms. The van der Waals surface area contributed by atoms with E-state index in [1.165, 1.54) is 0 Å². The summed E-state index contributed by atoms with van der Waals surface area (Å²) < 4.78 is 0. The van der Waals surface area contributed by atoms with Crippen molar-refractivity contribution in [1.29, 1.82) is 0 Å². The minimum atomic E-state index is -0.0839. The molecule has 1 amide bonds. The Morgan fingerprint density at radius 1 is 1.08 bits per heavy atom. The zero-order valence-corrected chi connectivity index (χ0v) is 14.2. The summed E-state index contributed by atoms with van der Waals surface area (Å²) in [6, 6.07) is 5.69. The number of carbonyl (C=O) groups is 1. The third kappa shape index (κ3) is 2.46. The summed E-state index contributed by atoms with van der Waals surface area (Å²) >= 11 is 0. The van der Waals surface area contributed by atoms with Gasteiger partial charge >= 0.3 is 0 Å². The number of hydrogen-bond acceptors (Lipinski definition) is 6. The molecule has 5 rings (SSSR count). The van der Waals surface area contributed by atoms with Gasteiger partial charge in [0, 0.05) is 56.1 Å². The summed E-state index contributed by atoms with van der Waals surface area (Å²) in [6.45, 7) is 4.14. The lowest BCUT2D eigenvalue weighted by atomic mass is 10.1. The number of nitrogens with one attached hydrogen (secondary N) is 2. The molecule has 0 bridgehead atoms. The molecule has 2 N–H and O–H groups in total. The predicted molar refractivity (Wildman–Crippen MR) is 97.7 cm³/mol. The van der Waals surface area contributed by atoms with Crippen LogP contribution in [0.25, 0.3) is 22.2 Å². The molecule has 3 aromatic heterocycles. The highest BCUT2D eigenvalue weighted by molar-refractivity contribution is 5.98. The molecule has 8 heteroatoms. The molecule has 2 saturated heterocycles. The number of rotatable bonds is 2. The van der Waals surface area contributed by atoms with E-state index >= 15 is 0 Å². The monoisotopic (exact) mass is 349 g/mol. The quantitative estimate of drug-likeness (QED) is 0.706. The van der Waals surface area contributed by atoms with Gasteiger partial charge in [0.05, 0.1) is 17.4 Å². The van der Waals surface area contributed by atoms with E-state index in [-0.39, 0.29) is 11.9 Å². The van der Waals surface area contributed by atoms with Crippen LogP contribution in [0.15, 0.2) is 36.8 Å². The third-order valence-electron chi connectivity index (χ3n) is 5.18. The van der Waals surface area contributed by atoms with Gasteiger partial charge in [0.25, 0.3) is 0 Å². The Morgan fingerprint density at radius 2 is 2.04 bits per heavy atom. The largest absolute Gasteiger partial charge is 0.313 e. The number of hydrogen-bond donors (Lipinski definition) is 2. The number of aromatic amines is 1. The van der Waals surface area contributed by atoms with Gasteiger partial charge in [-0.25, -0.2) is 4.98 Å². The minimum absolute atomic E-state index is 0.0839. The van der Waals surface area contributed by atoms with Crippen molar-refractivity contribution in [2.24, 2.45) is 0 Å². The number of anilines is 1. The summed E-state index contributed by atoms with van der Waals surface area (Å²) in [5.74, 6) is 0.818. The minimum Gasteiger partial charge on any atom is -0.313 e. The van der Waals surface area contributed by atoms with Gasteiger partial charge in [0.2, 0.25) is 5.91 Å². The fraction of sp³-hybridized carbons (Fsp3) is 0.333. The maximum atomic E-state index is 12.8. The molecule has 0 radical (unpaired) electrons. The van der Waals surface area contributed by atoms with Gasteiger partial charge in [-0.15, -0.1) is 0 Å². The van der Waals surface area contributed by atoms with Gasteiger partial charge in [0.15, 0.2) is 0 Å². The fourth-order valence-electron chi connectivity index (χ4n) is 3.78. The molecule has 0 unspecified atom stereocenters. The van der Waals surface area contributed by atoms with Gasteiger partial charge in [-0.3, -0.25) is 24.7 Å². The summed E-state index contributed by atoms with van der Waals surface area (Å²) in [7, 11) is 0. The van der Waals surface area contributed by atoms with Crippen LogP contribution in [0.4, 0.5) is 5.82 Å². The highest BCUT2D eigenvalue weighted by Gasteiger charge is 2.37. The maximum Gasteiger partial charge on any atom is 0.246 e. The van der Waals surface area contributed by atoms with Crippen molar-refractivity contribution in [3.63, 3.8) is 0 Å². The normalized spacial score (nSPS) is 21.2. The van der Waals surface area contributed by atoms with Gasteiger partial charge in [-0.2, -0.15) is 5.10 Å². The third-order valence-corrected chi connectivity index (χ3v) is 5.18. The molecule has 0 saturated carbocycles. The van der Waals surface area contributed by atoms with Crippen LogP contribution in [-0.4, -0.2) is 69.7 Å². The number of H-pyrrole nitrogens is 1. The predicted octanol–water partition coefficient (Wildman–Crippen LogP) is 0.640. The van der Waals surface area contributed by atoms with Crippen LogP contribution in [0.3, 0.4) is 0 Å². The van der Waals surface area contributed by atoms with E-state index in [9.17, 15) is 4.79 Å². The van der Waals surface area contributed by atoms with Crippen LogP contribution in [0, 0.1) is 0 Å². The molecule has 0 aromatic carbocycles. The molecule has 132 valence electrons. The van der Waals surface area contributed by atoms with Crippen LogP contribution >= 0.6 is 0 Å². The smallest absolute Gasteiger partial charge is 0.246 e. The van der Waals surface area contributed by atoms with Crippen LogP contribution < -0.4 is 10.2 Å². The molecule has 3 aromatic rings. The van der Waals surface area contributed by atoms with Crippen molar-refractivity contribution in [2.45, 2.75) is 6.04 Å². The second-order valence-electron chi connectivity index (χ2n) is 6.64. The molecule has 2 aliphatic rings. The molecule has 5 heterocycles. The lowest BCUT2D eigenvalue weighted by Gasteiger charge is -2.42. The van der Waals surface area contributed by atoms with E-state index in [1.54, 1.807) is 23.5 Å². The Hall–Kier alpha value is -2.84. The zero-order chi connectivity index (χ0) is 17.5. The number of carbonyl (C=O) groups excluding carboxylic acids is 1. The van der Waals surface area contributed by atoms with Gasteiger partial charge in [-0.1, -0.05) is 0 Å². The first-order valence-electron chi connectivity index (χ1n) is 8.82. The average Bonchev–Trinajstić information content (AvgIpc) is 3.18. The molecule has 2 aliphatic heterocycles. The van der Waals surface area contributed by atoms with Crippen molar-refractivity contribution in [3.05, 3.63) is 36.8 Å². The van der Waals surface area contributed by atoms with Gasteiger partial charge in [-0.05, 0) is 18.2 Å². The lowest BCUT2D eigenvalue weighted by molar-refractivity contribution is -0.126. The molecular weight excluding hydrogens is 330 g/mol. The highest BCUT2D eigenvalue weighted by Crippen LogP contribution is 2.26. The van der Waals surface area contributed by atoms with Crippen molar-refractivity contribution in [1.82, 2.24) is 30.4 Å². The standard InChI is InChI=1S/C18H19N7O/c26-18-14-11-19-5-6-24(14)7-8-25(18)15-2-1-12(9-21-15)16-17-13(3-4-20-16)10-22-23-17/h1-4,9-10,14,19H,5-8,11H2,(H,22,23)/t14-/m1/s1. The highest BCUT2D eigenvalue weighted by atomic mass is 16.2. The first-order chi connectivity index (χ1) is 12.8. The topological polar surface area (TPSA) is 90.0 Å². The van der Waals surface area contributed by atoms with Crippen molar-refractivity contribution >= 4 is 22.6 Å². The first kappa shape index (κ1) is 15.4. The van der Waals surface area contributed by atoms with Crippen LogP contribution in [0.5, 0.6) is 0 Å². The lowest BCUT2D eigenvalue weighted by Crippen LogP contribution is -2.64. The molecular formula is C18H19N7O. The number of piperazine rings is 2. The van der Waals surface area contributed by atoms with E-state index in [0.717, 1.165) is 41.8 Å². The van der Waals surface area contributed by atoms with Crippen molar-refractivity contribution in [2.75, 3.05) is 37.6 Å². The second-order valence-corrected chi connectivity index (χ2v) is 6.64. The fourth-order valence-corrected chi connectivity index (χ4v) is 3.78. The van der Waals surface area contributed by atoms with Crippen LogP contribution in [0.2, 0.25) is 0 Å². The number of aromatic nitrogens is 4. The van der Waals surface area contributed by atoms with Gasteiger partial charge < -0.3 is 5.32 Å². The molecule has 1 atom stereocenters. The molecule has 26 heavy (non-hydrogen) atoms. The zero-order valence-electron chi connectivity index (χ0n) is 14.2. The van der Waals surface area contributed by atoms with Crippen LogP contribution in [0.1, 0.15) is 0 Å². The van der Waals surface area contributed by atoms with Crippen molar-refractivity contribution < 1.29 is 4.79 Å². The Balaban J connectivity index is 1.43. The van der Waals surface area contributed by atoms with Crippen molar-refractivity contribution in [3.8, 4) is 11.3 Å². The number of pyridine rings is 2. The first-order valence-corrected chi connectivity index (χ1v) is 8.82. The molecule has 0 aliphatic carbocycles. The number of nitrogens with zero attached hydrogens (tertiary/aromatic N) is 5. The van der Waals surface area contributed by atoms with E-state index in [0.29, 0.717) is 18.9 Å². The van der Waals surface area contributed by atoms with E-state index in [2.05, 4.69) is 30.4 Å². The molecule has 2 fully saturated rings. The van der Waals surface area contributed by atoms with E-state index in [1.807, 2.05) is 18.2 Å². The van der Waals surface area contributed by atoms with Crippen LogP contribution in [-0.2, 0) is 4.79 Å². The van der Waals surface area contributed by atoms with Gasteiger partial charge in [0.1, 0.15) is 11.9 Å². The summed E-state index contributed by atoms with van der Waals surface area (Å²) in [5.41, 5.74) is 2.60. The molecule has 8 nitrogen and oxygen atoms in total. The summed E-state index contributed by atoms with van der Waals surface area (Å²) in [4.78, 5) is 25.9. The number of amides is 1. The van der Waals surface area contributed by atoms with E-state index in [4.69, 9.17) is 0 Å². The summed E-state index contributed by atoms with van der Waals surface area (Å²) in [5, 5.41) is 11.4. The number of fused-ring (bicyclic) bond motifs is 2. The van der Waals surface area contributed by atoms with E-state index < -0.39 is 0 Å². The Labute approximate surface area is 150 Å².